The monoisotopic (exact) mass is 188 g/mol. The molecule has 1 fully saturated rings. The highest BCUT2D eigenvalue weighted by atomic mass is 16.5. The molecule has 0 radical (unpaired) electrons. The molecule has 0 aromatic carbocycles. The summed E-state index contributed by atoms with van der Waals surface area (Å²) in [5.74, 6) is -0.995. The lowest BCUT2D eigenvalue weighted by Crippen LogP contribution is -2.51. The van der Waals surface area contributed by atoms with E-state index in [0.29, 0.717) is 6.54 Å². The van der Waals surface area contributed by atoms with Gasteiger partial charge < -0.3 is 20.5 Å². The molecule has 6 heteroatoms. The molecule has 1 heterocycles. The highest BCUT2D eigenvalue weighted by Gasteiger charge is 2.26. The SMILES string of the molecule is NC(=O)C1CN(C(=O)CO)CCO1. The number of ether oxygens (including phenoxy) is 1. The zero-order chi connectivity index (χ0) is 9.84. The Hall–Kier alpha value is -1.14. The summed E-state index contributed by atoms with van der Waals surface area (Å²) < 4.78 is 5.01. The van der Waals surface area contributed by atoms with Gasteiger partial charge in [-0.15, -0.1) is 0 Å². The topological polar surface area (TPSA) is 92.9 Å². The fourth-order valence-corrected chi connectivity index (χ4v) is 1.15. The highest BCUT2D eigenvalue weighted by molar-refractivity contribution is 5.81. The Morgan fingerprint density at radius 1 is 1.62 bits per heavy atom. The average molecular weight is 188 g/mol. The maximum atomic E-state index is 11.0. The molecule has 1 aliphatic heterocycles. The van der Waals surface area contributed by atoms with Crippen molar-refractivity contribution >= 4 is 11.8 Å². The van der Waals surface area contributed by atoms with Crippen LogP contribution in [0.25, 0.3) is 0 Å². The number of nitrogens with two attached hydrogens (primary N) is 1. The van der Waals surface area contributed by atoms with Crippen LogP contribution in [0.3, 0.4) is 0 Å². The van der Waals surface area contributed by atoms with Gasteiger partial charge in [0.25, 0.3) is 0 Å². The summed E-state index contributed by atoms with van der Waals surface area (Å²) in [5.41, 5.74) is 5.01. The lowest BCUT2D eigenvalue weighted by Gasteiger charge is -2.30. The lowest BCUT2D eigenvalue weighted by atomic mass is 10.2. The van der Waals surface area contributed by atoms with E-state index in [1.54, 1.807) is 0 Å². The Balaban J connectivity index is 2.51. The van der Waals surface area contributed by atoms with Crippen LogP contribution >= 0.6 is 0 Å². The molecule has 6 nitrogen and oxygen atoms in total. The third-order valence-corrected chi connectivity index (χ3v) is 1.87. The van der Waals surface area contributed by atoms with Gasteiger partial charge in [-0.05, 0) is 0 Å². The van der Waals surface area contributed by atoms with Gasteiger partial charge >= 0.3 is 0 Å². The molecule has 13 heavy (non-hydrogen) atoms. The number of amides is 2. The number of primary amides is 1. The number of hydrogen-bond acceptors (Lipinski definition) is 4. The van der Waals surface area contributed by atoms with Crippen molar-refractivity contribution < 1.29 is 19.4 Å². The van der Waals surface area contributed by atoms with Crippen LogP contribution in [-0.4, -0.2) is 54.2 Å². The van der Waals surface area contributed by atoms with Crippen molar-refractivity contribution in [1.29, 1.82) is 0 Å². The van der Waals surface area contributed by atoms with Gasteiger partial charge in [-0.1, -0.05) is 0 Å². The van der Waals surface area contributed by atoms with Crippen LogP contribution in [0.1, 0.15) is 0 Å². The molecule has 0 saturated carbocycles. The van der Waals surface area contributed by atoms with E-state index in [9.17, 15) is 9.59 Å². The van der Waals surface area contributed by atoms with Crippen molar-refractivity contribution in [2.24, 2.45) is 5.73 Å². The molecule has 3 N–H and O–H groups in total. The first-order chi connectivity index (χ1) is 6.15. The van der Waals surface area contributed by atoms with Crippen molar-refractivity contribution in [2.75, 3.05) is 26.3 Å². The summed E-state index contributed by atoms with van der Waals surface area (Å²) in [6.45, 7) is 0.253. The molecule has 0 spiro atoms. The number of nitrogens with zero attached hydrogens (tertiary/aromatic N) is 1. The number of carbonyl (C=O) groups excluding carboxylic acids is 2. The third kappa shape index (κ3) is 2.40. The minimum absolute atomic E-state index is 0.134. The quantitative estimate of drug-likeness (QED) is 0.509. The Morgan fingerprint density at radius 2 is 2.31 bits per heavy atom. The summed E-state index contributed by atoms with van der Waals surface area (Å²) in [4.78, 5) is 23.1. The number of hydrogen-bond donors (Lipinski definition) is 2. The second-order valence-electron chi connectivity index (χ2n) is 2.76. The van der Waals surface area contributed by atoms with Crippen molar-refractivity contribution in [1.82, 2.24) is 4.90 Å². The molecular weight excluding hydrogens is 176 g/mol. The van der Waals surface area contributed by atoms with E-state index in [0.717, 1.165) is 0 Å². The normalized spacial score (nSPS) is 22.8. The van der Waals surface area contributed by atoms with Gasteiger partial charge in [-0.25, -0.2) is 0 Å². The number of morpholine rings is 1. The van der Waals surface area contributed by atoms with Gasteiger partial charge in [-0.2, -0.15) is 0 Å². The molecule has 74 valence electrons. The molecule has 1 aliphatic rings. The first-order valence-corrected chi connectivity index (χ1v) is 3.94. The summed E-state index contributed by atoms with van der Waals surface area (Å²) in [7, 11) is 0. The molecular formula is C7H12N2O4. The maximum Gasteiger partial charge on any atom is 0.248 e. The van der Waals surface area contributed by atoms with Gasteiger partial charge in [0.2, 0.25) is 11.8 Å². The molecule has 0 aliphatic carbocycles. The summed E-state index contributed by atoms with van der Waals surface area (Å²) in [5, 5.41) is 8.56. The standard InChI is InChI=1S/C7H12N2O4/c8-7(12)5-3-9(1-2-13-5)6(11)4-10/h5,10H,1-4H2,(H2,8,12). The maximum absolute atomic E-state index is 11.0. The molecule has 0 aromatic heterocycles. The minimum Gasteiger partial charge on any atom is -0.387 e. The van der Waals surface area contributed by atoms with Gasteiger partial charge in [0.1, 0.15) is 6.61 Å². The third-order valence-electron chi connectivity index (χ3n) is 1.87. The minimum atomic E-state index is -0.746. The first-order valence-electron chi connectivity index (χ1n) is 3.94. The number of aliphatic hydroxyl groups excluding tert-OH is 1. The fourth-order valence-electron chi connectivity index (χ4n) is 1.15. The second-order valence-corrected chi connectivity index (χ2v) is 2.76. The van der Waals surface area contributed by atoms with Crippen LogP contribution in [0, 0.1) is 0 Å². The Bertz CT molecular complexity index is 219. The zero-order valence-corrected chi connectivity index (χ0v) is 7.10. The predicted molar refractivity (Wildman–Crippen MR) is 42.6 cm³/mol. The lowest BCUT2D eigenvalue weighted by molar-refractivity contribution is -0.147. The van der Waals surface area contributed by atoms with E-state index in [1.165, 1.54) is 4.90 Å². The van der Waals surface area contributed by atoms with Gasteiger partial charge in [0.15, 0.2) is 6.10 Å². The molecule has 1 saturated heterocycles. The number of aliphatic hydroxyl groups is 1. The second kappa shape index (κ2) is 4.20. The van der Waals surface area contributed by atoms with Crippen LogP contribution in [0.2, 0.25) is 0 Å². The average Bonchev–Trinajstić information content (AvgIpc) is 2.17. The Labute approximate surface area is 75.3 Å². The smallest absolute Gasteiger partial charge is 0.248 e. The molecule has 2 amide bonds. The van der Waals surface area contributed by atoms with E-state index >= 15 is 0 Å². The fraction of sp³-hybridized carbons (Fsp3) is 0.714. The van der Waals surface area contributed by atoms with E-state index < -0.39 is 24.5 Å². The molecule has 1 unspecified atom stereocenters. The van der Waals surface area contributed by atoms with Crippen LogP contribution in [0.15, 0.2) is 0 Å². The highest BCUT2D eigenvalue weighted by Crippen LogP contribution is 2.04. The molecule has 0 bridgehead atoms. The van der Waals surface area contributed by atoms with Crippen molar-refractivity contribution in [3.05, 3.63) is 0 Å². The Kier molecular flexibility index (Phi) is 3.21. The predicted octanol–water partition coefficient (Wildman–Crippen LogP) is -2.31. The first kappa shape index (κ1) is 9.94. The summed E-state index contributed by atoms with van der Waals surface area (Å²) in [6, 6.07) is 0. The largest absolute Gasteiger partial charge is 0.387 e. The van der Waals surface area contributed by atoms with Crippen LogP contribution in [-0.2, 0) is 14.3 Å². The van der Waals surface area contributed by atoms with Crippen LogP contribution in [0.4, 0.5) is 0 Å². The van der Waals surface area contributed by atoms with Crippen molar-refractivity contribution in [2.45, 2.75) is 6.10 Å². The van der Waals surface area contributed by atoms with Crippen LogP contribution < -0.4 is 5.73 Å². The Morgan fingerprint density at radius 3 is 2.85 bits per heavy atom. The van der Waals surface area contributed by atoms with Gasteiger partial charge in [0.05, 0.1) is 13.2 Å². The van der Waals surface area contributed by atoms with E-state index in [1.807, 2.05) is 0 Å². The van der Waals surface area contributed by atoms with Crippen molar-refractivity contribution in [3.8, 4) is 0 Å². The van der Waals surface area contributed by atoms with E-state index in [2.05, 4.69) is 0 Å². The van der Waals surface area contributed by atoms with E-state index in [-0.39, 0.29) is 13.2 Å². The van der Waals surface area contributed by atoms with E-state index in [4.69, 9.17) is 15.6 Å². The van der Waals surface area contributed by atoms with Crippen molar-refractivity contribution in [3.63, 3.8) is 0 Å². The number of carbonyl (C=O) groups is 2. The van der Waals surface area contributed by atoms with Gasteiger partial charge in [-0.3, -0.25) is 9.59 Å². The van der Waals surface area contributed by atoms with Gasteiger partial charge in [0, 0.05) is 6.54 Å². The molecule has 1 atom stereocenters. The molecule has 0 aromatic rings. The summed E-state index contributed by atoms with van der Waals surface area (Å²) in [6.07, 6.45) is -0.746. The van der Waals surface area contributed by atoms with Crippen LogP contribution in [0.5, 0.6) is 0 Å². The zero-order valence-electron chi connectivity index (χ0n) is 7.10. The number of rotatable bonds is 2. The summed E-state index contributed by atoms with van der Waals surface area (Å²) >= 11 is 0. The molecule has 1 rings (SSSR count).